The Morgan fingerprint density at radius 3 is 2.57 bits per heavy atom. The highest BCUT2D eigenvalue weighted by Gasteiger charge is 2.33. The van der Waals surface area contributed by atoms with Gasteiger partial charge in [-0.3, -0.25) is 24.6 Å². The second-order valence-corrected chi connectivity index (χ2v) is 11.8. The summed E-state index contributed by atoms with van der Waals surface area (Å²) in [4.78, 5) is 37.2. The third-order valence-electron chi connectivity index (χ3n) is 7.54. The lowest BCUT2D eigenvalue weighted by Gasteiger charge is -2.15. The summed E-state index contributed by atoms with van der Waals surface area (Å²) in [7, 11) is 1.62. The average molecular weight is 624 g/mol. The van der Waals surface area contributed by atoms with Crippen molar-refractivity contribution in [1.29, 1.82) is 0 Å². The number of hydrogen-bond donors (Lipinski definition) is 2. The number of methoxy groups -OCH3 is 1. The third-order valence-corrected chi connectivity index (χ3v) is 8.80. The molecule has 0 spiro atoms. The van der Waals surface area contributed by atoms with Crippen LogP contribution in [0.5, 0.6) is 5.75 Å². The zero-order valence-electron chi connectivity index (χ0n) is 24.4. The Balaban J connectivity index is 1.28. The Morgan fingerprint density at radius 1 is 1.07 bits per heavy atom. The lowest BCUT2D eigenvalue weighted by Crippen LogP contribution is -2.31. The molecule has 10 heteroatoms. The van der Waals surface area contributed by atoms with Gasteiger partial charge in [-0.2, -0.15) is 0 Å². The van der Waals surface area contributed by atoms with Crippen LogP contribution in [0.2, 0.25) is 5.02 Å². The van der Waals surface area contributed by atoms with Gasteiger partial charge in [0.1, 0.15) is 5.75 Å². The first-order valence-electron chi connectivity index (χ1n) is 14.1. The number of halogens is 1. The van der Waals surface area contributed by atoms with Crippen molar-refractivity contribution >= 4 is 63.0 Å². The second kappa shape index (κ2) is 12.5. The van der Waals surface area contributed by atoms with E-state index in [1.807, 2.05) is 74.7 Å². The predicted molar refractivity (Wildman–Crippen MR) is 178 cm³/mol. The highest BCUT2D eigenvalue weighted by molar-refractivity contribution is 8.18. The van der Waals surface area contributed by atoms with Crippen molar-refractivity contribution < 1.29 is 14.3 Å². The fraction of sp³-hybridized carbons (Fsp3) is 0.147. The Kier molecular flexibility index (Phi) is 8.32. The first-order chi connectivity index (χ1) is 21.3. The smallest absolute Gasteiger partial charge is 0.270 e. The maximum atomic E-state index is 13.9. The topological polar surface area (TPSA) is 91.7 Å². The number of ether oxygens (including phenoxy) is 1. The van der Waals surface area contributed by atoms with E-state index in [0.29, 0.717) is 33.6 Å². The van der Waals surface area contributed by atoms with E-state index in [1.54, 1.807) is 41.0 Å². The molecule has 5 aromatic rings. The minimum Gasteiger partial charge on any atom is -0.497 e. The highest BCUT2D eigenvalue weighted by Crippen LogP contribution is 2.35. The number of rotatable bonds is 8. The van der Waals surface area contributed by atoms with Crippen molar-refractivity contribution in [1.82, 2.24) is 14.6 Å². The summed E-state index contributed by atoms with van der Waals surface area (Å²) in [6.45, 7) is 4.29. The van der Waals surface area contributed by atoms with Gasteiger partial charge in [-0.25, -0.2) is 4.99 Å². The number of hydrogen-bond acceptors (Lipinski definition) is 5. The number of thioether (sulfide) groups is 1. The van der Waals surface area contributed by atoms with Crippen molar-refractivity contribution in [2.24, 2.45) is 4.99 Å². The van der Waals surface area contributed by atoms with Crippen LogP contribution in [0, 0.1) is 13.8 Å². The van der Waals surface area contributed by atoms with Crippen LogP contribution in [-0.2, 0) is 11.2 Å². The van der Waals surface area contributed by atoms with Crippen molar-refractivity contribution in [3.63, 3.8) is 0 Å². The third kappa shape index (κ3) is 6.02. The van der Waals surface area contributed by atoms with E-state index in [-0.39, 0.29) is 11.8 Å². The van der Waals surface area contributed by atoms with E-state index in [1.165, 1.54) is 11.8 Å². The largest absolute Gasteiger partial charge is 0.497 e. The van der Waals surface area contributed by atoms with Crippen molar-refractivity contribution in [3.8, 4) is 5.75 Å². The van der Waals surface area contributed by atoms with Crippen LogP contribution in [0.15, 0.2) is 95.0 Å². The molecular formula is C34H30ClN5O3S. The zero-order valence-corrected chi connectivity index (χ0v) is 26.0. The van der Waals surface area contributed by atoms with E-state index < -0.39 is 0 Å². The van der Waals surface area contributed by atoms with Gasteiger partial charge >= 0.3 is 0 Å². The van der Waals surface area contributed by atoms with Crippen LogP contribution in [0.3, 0.4) is 0 Å². The number of aliphatic imine (C=N–C) groups is 1. The van der Waals surface area contributed by atoms with Crippen molar-refractivity contribution in [2.45, 2.75) is 20.3 Å². The molecule has 222 valence electrons. The molecule has 0 unspecified atom stereocenters. The number of amides is 2. The van der Waals surface area contributed by atoms with Gasteiger partial charge in [0.05, 0.1) is 17.7 Å². The monoisotopic (exact) mass is 623 g/mol. The molecule has 2 aromatic heterocycles. The lowest BCUT2D eigenvalue weighted by atomic mass is 10.1. The predicted octanol–water partition coefficient (Wildman–Crippen LogP) is 7.48. The number of fused-ring (bicyclic) bond motifs is 1. The summed E-state index contributed by atoms with van der Waals surface area (Å²) in [5.74, 6) is 0.364. The molecule has 6 rings (SSSR count). The number of H-pyrrole nitrogens is 1. The molecule has 1 aliphatic rings. The lowest BCUT2D eigenvalue weighted by molar-refractivity contribution is -0.122. The molecule has 2 amide bonds. The van der Waals surface area contributed by atoms with Crippen molar-refractivity contribution in [2.75, 3.05) is 19.1 Å². The number of nitrogens with one attached hydrogen (secondary N) is 2. The number of nitrogens with zero attached hydrogens (tertiary/aromatic N) is 3. The first kappa shape index (κ1) is 29.3. The molecule has 3 heterocycles. The summed E-state index contributed by atoms with van der Waals surface area (Å²) in [6.07, 6.45) is 4.54. The highest BCUT2D eigenvalue weighted by atomic mass is 35.5. The first-order valence-corrected chi connectivity index (χ1v) is 15.2. The summed E-state index contributed by atoms with van der Waals surface area (Å²) >= 11 is 7.32. The molecule has 1 fully saturated rings. The van der Waals surface area contributed by atoms with Gasteiger partial charge in [0.15, 0.2) is 5.17 Å². The Hall–Kier alpha value is -4.73. The number of aryl methyl sites for hydroxylation is 1. The summed E-state index contributed by atoms with van der Waals surface area (Å²) in [6, 6.07) is 24.2. The summed E-state index contributed by atoms with van der Waals surface area (Å²) in [5, 5.41) is 2.31. The molecule has 0 radical (unpaired) electrons. The second-order valence-electron chi connectivity index (χ2n) is 10.4. The maximum absolute atomic E-state index is 13.9. The molecule has 0 aliphatic carbocycles. The minimum absolute atomic E-state index is 0.114. The quantitative estimate of drug-likeness (QED) is 0.175. The Labute approximate surface area is 264 Å². The normalized spacial score (nSPS) is 15.1. The molecular weight excluding hydrogens is 594 g/mol. The zero-order chi connectivity index (χ0) is 30.8. The van der Waals surface area contributed by atoms with Crippen molar-refractivity contribution in [3.05, 3.63) is 123 Å². The number of carbonyl (C=O) groups excluding carboxylic acids is 2. The molecule has 0 atom stereocenters. The molecule has 1 aliphatic heterocycles. The van der Waals surface area contributed by atoms with Crippen LogP contribution in [0.25, 0.3) is 17.0 Å². The summed E-state index contributed by atoms with van der Waals surface area (Å²) < 4.78 is 7.02. The van der Waals surface area contributed by atoms with Crippen LogP contribution in [0.1, 0.15) is 32.9 Å². The summed E-state index contributed by atoms with van der Waals surface area (Å²) in [5.41, 5.74) is 8.83. The molecule has 8 nitrogen and oxygen atoms in total. The fourth-order valence-electron chi connectivity index (χ4n) is 5.14. The van der Waals surface area contributed by atoms with E-state index in [4.69, 9.17) is 21.3 Å². The number of aromatic amines is 1. The van der Waals surface area contributed by atoms with Gasteiger partial charge in [-0.05, 0) is 110 Å². The number of benzene rings is 3. The van der Waals surface area contributed by atoms with Crippen LogP contribution >= 0.6 is 23.4 Å². The van der Waals surface area contributed by atoms with E-state index in [2.05, 4.69) is 16.5 Å². The van der Waals surface area contributed by atoms with Gasteiger partial charge in [-0.1, -0.05) is 29.8 Å². The molecule has 44 heavy (non-hydrogen) atoms. The molecule has 2 N–H and O–H groups in total. The van der Waals surface area contributed by atoms with Gasteiger partial charge in [0, 0.05) is 45.6 Å². The standard InChI is InChI=1S/C34H30ClN5O3S/c1-21-18-25(22(2)40(21)38-32(41)23-8-10-26(35)11-9-23)19-31-33(42)39(17-16-24-20-36-30-7-5-4-6-29(24)30)34(44-31)37-27-12-14-28(43-3)15-13-27/h4-15,18-20,36H,16-17H2,1-3H3,(H,38,41)/b31-19-,37-34?. The molecule has 3 aromatic carbocycles. The van der Waals surface area contributed by atoms with E-state index >= 15 is 0 Å². The van der Waals surface area contributed by atoms with Gasteiger partial charge in [-0.15, -0.1) is 0 Å². The number of aromatic nitrogens is 2. The molecule has 0 bridgehead atoms. The van der Waals surface area contributed by atoms with Gasteiger partial charge < -0.3 is 9.72 Å². The minimum atomic E-state index is -0.258. The maximum Gasteiger partial charge on any atom is 0.270 e. The van der Waals surface area contributed by atoms with Crippen LogP contribution < -0.4 is 10.2 Å². The number of para-hydroxylation sites is 1. The van der Waals surface area contributed by atoms with Gasteiger partial charge in [0.25, 0.3) is 11.8 Å². The fourth-order valence-corrected chi connectivity index (χ4v) is 6.28. The number of carbonyl (C=O) groups is 2. The Bertz CT molecular complexity index is 1920. The van der Waals surface area contributed by atoms with Crippen LogP contribution in [0.4, 0.5) is 5.69 Å². The average Bonchev–Trinajstić information content (AvgIpc) is 3.66. The molecule has 0 saturated carbocycles. The van der Waals surface area contributed by atoms with E-state index in [0.717, 1.165) is 44.9 Å². The SMILES string of the molecule is COc1ccc(N=C2S/C(=C\c3cc(C)n(NC(=O)c4ccc(Cl)cc4)c3C)C(=O)N2CCc2c[nH]c3ccccc23)cc1. The van der Waals surface area contributed by atoms with Crippen LogP contribution in [-0.4, -0.2) is 45.2 Å². The molecule has 1 saturated heterocycles. The van der Waals surface area contributed by atoms with E-state index in [9.17, 15) is 9.59 Å². The Morgan fingerprint density at radius 2 is 1.82 bits per heavy atom. The number of amidine groups is 1. The van der Waals surface area contributed by atoms with Gasteiger partial charge in [0.2, 0.25) is 0 Å².